The van der Waals surface area contributed by atoms with Crippen LogP contribution in [0.4, 0.5) is 10.1 Å². The molecule has 12 heavy (non-hydrogen) atoms. The van der Waals surface area contributed by atoms with E-state index in [0.717, 1.165) is 6.21 Å². The number of rotatable bonds is 1. The van der Waals surface area contributed by atoms with Gasteiger partial charge in [0.25, 0.3) is 0 Å². The van der Waals surface area contributed by atoms with Crippen LogP contribution in [0.15, 0.2) is 10.5 Å². The molecule has 0 saturated carbocycles. The summed E-state index contributed by atoms with van der Waals surface area (Å²) in [5.74, 6) is -0.357. The van der Waals surface area contributed by atoms with Gasteiger partial charge in [0.2, 0.25) is 0 Å². The number of hydrogen-bond acceptors (Lipinski definition) is 2. The molecule has 0 bridgehead atoms. The van der Waals surface area contributed by atoms with E-state index in [1.54, 1.807) is 6.92 Å². The Labute approximate surface area is 78.2 Å². The number of nitrogens with two attached hydrogens (primary N) is 1. The molecule has 1 aromatic carbocycles. The topological polar surface area (TPSA) is 49.9 Å². The van der Waals surface area contributed by atoms with Gasteiger partial charge in [0.15, 0.2) is 0 Å². The molecule has 4 heteroatoms. The quantitative estimate of drug-likeness (QED) is 0.566. The third kappa shape index (κ3) is 1.34. The monoisotopic (exact) mass is 230 g/mol. The van der Waals surface area contributed by atoms with Crippen LogP contribution in [-0.4, -0.2) is 6.21 Å². The average Bonchev–Trinajstić information content (AvgIpc) is 2.01. The van der Waals surface area contributed by atoms with Crippen LogP contribution in [0.25, 0.3) is 0 Å². The molecule has 2 nitrogen and oxygen atoms in total. The number of anilines is 1. The second kappa shape index (κ2) is 3.23. The van der Waals surface area contributed by atoms with Gasteiger partial charge in [-0.2, -0.15) is 0 Å². The lowest BCUT2D eigenvalue weighted by molar-refractivity contribution is 0.618. The Bertz CT molecular complexity index is 336. The van der Waals surface area contributed by atoms with Gasteiger partial charge in [0, 0.05) is 21.9 Å². The molecule has 3 N–H and O–H groups in total. The number of nitrogen functional groups attached to an aromatic ring is 1. The molecule has 0 amide bonds. The predicted octanol–water partition coefficient (Wildman–Crippen LogP) is 2.48. The summed E-state index contributed by atoms with van der Waals surface area (Å²) in [7, 11) is 0. The fraction of sp³-hybridized carbons (Fsp3) is 0.125. The molecule has 0 aromatic heterocycles. The van der Waals surface area contributed by atoms with Gasteiger partial charge in [0.05, 0.1) is 0 Å². The van der Waals surface area contributed by atoms with Crippen LogP contribution < -0.4 is 5.73 Å². The number of hydrogen-bond donors (Lipinski definition) is 2. The van der Waals surface area contributed by atoms with E-state index in [4.69, 9.17) is 11.1 Å². The lowest BCUT2D eigenvalue weighted by Crippen LogP contribution is -1.98. The third-order valence-corrected chi connectivity index (χ3v) is 2.68. The van der Waals surface area contributed by atoms with Crippen molar-refractivity contribution in [3.05, 3.63) is 27.5 Å². The van der Waals surface area contributed by atoms with Gasteiger partial charge >= 0.3 is 0 Å². The summed E-state index contributed by atoms with van der Waals surface area (Å²) >= 11 is 3.17. The highest BCUT2D eigenvalue weighted by atomic mass is 79.9. The van der Waals surface area contributed by atoms with Crippen molar-refractivity contribution in [2.24, 2.45) is 0 Å². The van der Waals surface area contributed by atoms with Crippen LogP contribution in [0, 0.1) is 18.2 Å². The van der Waals surface area contributed by atoms with Gasteiger partial charge in [-0.25, -0.2) is 4.39 Å². The molecular weight excluding hydrogens is 223 g/mol. The number of benzene rings is 1. The van der Waals surface area contributed by atoms with E-state index < -0.39 is 0 Å². The maximum absolute atomic E-state index is 13.0. The lowest BCUT2D eigenvalue weighted by Gasteiger charge is -2.06. The van der Waals surface area contributed by atoms with E-state index in [2.05, 4.69) is 15.9 Å². The fourth-order valence-corrected chi connectivity index (χ4v) is 1.44. The van der Waals surface area contributed by atoms with Crippen LogP contribution in [-0.2, 0) is 0 Å². The second-order valence-corrected chi connectivity index (χ2v) is 3.24. The molecule has 0 saturated heterocycles. The third-order valence-electron chi connectivity index (χ3n) is 1.66. The van der Waals surface area contributed by atoms with Crippen molar-refractivity contribution in [1.29, 1.82) is 5.41 Å². The van der Waals surface area contributed by atoms with Crippen molar-refractivity contribution < 1.29 is 4.39 Å². The molecule has 0 radical (unpaired) electrons. The Morgan fingerprint density at radius 2 is 2.25 bits per heavy atom. The minimum Gasteiger partial charge on any atom is -0.398 e. The number of nitrogens with one attached hydrogen (secondary N) is 1. The first-order chi connectivity index (χ1) is 5.57. The van der Waals surface area contributed by atoms with Crippen LogP contribution in [0.3, 0.4) is 0 Å². The summed E-state index contributed by atoms with van der Waals surface area (Å²) in [6.45, 7) is 1.63. The van der Waals surface area contributed by atoms with Crippen molar-refractivity contribution in [3.63, 3.8) is 0 Å². The lowest BCUT2D eigenvalue weighted by atomic mass is 10.1. The van der Waals surface area contributed by atoms with Crippen LogP contribution in [0.2, 0.25) is 0 Å². The molecule has 0 aliphatic heterocycles. The van der Waals surface area contributed by atoms with Gasteiger partial charge in [-0.1, -0.05) is 0 Å². The van der Waals surface area contributed by atoms with E-state index in [1.807, 2.05) is 0 Å². The molecule has 0 aliphatic carbocycles. The maximum atomic E-state index is 13.0. The molecule has 64 valence electrons. The van der Waals surface area contributed by atoms with E-state index in [0.29, 0.717) is 15.6 Å². The second-order valence-electron chi connectivity index (χ2n) is 2.44. The van der Waals surface area contributed by atoms with Crippen molar-refractivity contribution in [2.75, 3.05) is 5.73 Å². The standard InChI is InChI=1S/C8H8BrFN2/c1-4-6(10)2-7(12)5(3-11)8(4)9/h2-3,11H,12H2,1H3. The highest BCUT2D eigenvalue weighted by Gasteiger charge is 2.09. The molecule has 0 unspecified atom stereocenters. The van der Waals surface area contributed by atoms with Gasteiger partial charge in [-0.05, 0) is 34.5 Å². The van der Waals surface area contributed by atoms with Crippen LogP contribution in [0.1, 0.15) is 11.1 Å². The molecule has 0 aliphatic rings. The summed E-state index contributed by atoms with van der Waals surface area (Å²) < 4.78 is 13.5. The minimum absolute atomic E-state index is 0.278. The first-order valence-corrected chi connectivity index (χ1v) is 4.11. The molecular formula is C8H8BrFN2. The Hall–Kier alpha value is -0.900. The Kier molecular flexibility index (Phi) is 2.47. The summed E-state index contributed by atoms with van der Waals surface area (Å²) in [5.41, 5.74) is 6.75. The first kappa shape index (κ1) is 9.19. The summed E-state index contributed by atoms with van der Waals surface area (Å²) in [6, 6.07) is 1.22. The van der Waals surface area contributed by atoms with Crippen molar-refractivity contribution in [2.45, 2.75) is 6.92 Å². The zero-order valence-corrected chi connectivity index (χ0v) is 8.07. The van der Waals surface area contributed by atoms with Crippen molar-refractivity contribution in [3.8, 4) is 0 Å². The Morgan fingerprint density at radius 1 is 1.67 bits per heavy atom. The van der Waals surface area contributed by atoms with E-state index in [9.17, 15) is 4.39 Å². The molecule has 1 rings (SSSR count). The molecule has 1 aromatic rings. The van der Waals surface area contributed by atoms with Gasteiger partial charge in [-0.3, -0.25) is 0 Å². The largest absolute Gasteiger partial charge is 0.398 e. The molecule has 0 heterocycles. The SMILES string of the molecule is Cc1c(F)cc(N)c(C=N)c1Br. The maximum Gasteiger partial charge on any atom is 0.129 e. The van der Waals surface area contributed by atoms with E-state index in [1.165, 1.54) is 6.07 Å². The van der Waals surface area contributed by atoms with Crippen LogP contribution in [0.5, 0.6) is 0 Å². The normalized spacial score (nSPS) is 9.92. The summed E-state index contributed by atoms with van der Waals surface area (Å²) in [6.07, 6.45) is 1.10. The predicted molar refractivity (Wildman–Crippen MR) is 51.1 cm³/mol. The van der Waals surface area contributed by atoms with Gasteiger partial charge in [0.1, 0.15) is 5.82 Å². The summed E-state index contributed by atoms with van der Waals surface area (Å²) in [5, 5.41) is 7.04. The molecule has 0 spiro atoms. The fourth-order valence-electron chi connectivity index (χ4n) is 0.903. The zero-order valence-electron chi connectivity index (χ0n) is 6.49. The van der Waals surface area contributed by atoms with Gasteiger partial charge in [-0.15, -0.1) is 0 Å². The minimum atomic E-state index is -0.357. The average molecular weight is 231 g/mol. The van der Waals surface area contributed by atoms with Gasteiger partial charge < -0.3 is 11.1 Å². The Morgan fingerprint density at radius 3 is 2.75 bits per heavy atom. The highest BCUT2D eigenvalue weighted by Crippen LogP contribution is 2.27. The highest BCUT2D eigenvalue weighted by molar-refractivity contribution is 9.10. The van der Waals surface area contributed by atoms with E-state index >= 15 is 0 Å². The Balaban J connectivity index is 3.51. The smallest absolute Gasteiger partial charge is 0.129 e. The molecule has 0 atom stereocenters. The van der Waals surface area contributed by atoms with Crippen molar-refractivity contribution in [1.82, 2.24) is 0 Å². The molecule has 0 fully saturated rings. The first-order valence-electron chi connectivity index (χ1n) is 3.32. The summed E-state index contributed by atoms with van der Waals surface area (Å²) in [4.78, 5) is 0. The van der Waals surface area contributed by atoms with Crippen LogP contribution >= 0.6 is 15.9 Å². The van der Waals surface area contributed by atoms with E-state index in [-0.39, 0.29) is 11.5 Å². The van der Waals surface area contributed by atoms with Crippen molar-refractivity contribution >= 4 is 27.8 Å². The number of halogens is 2. The zero-order chi connectivity index (χ0) is 9.30.